The predicted molar refractivity (Wildman–Crippen MR) is 81.2 cm³/mol. The standard InChI is InChI=1S/C17H21NO5/c19-14(13(15(20)21)16(22)23)17(8-1-2-9-17)18-10-4-7-12(18)11-5-3-6-11/h4,7,10-11,13H,1-3,5-6,8-9H2,(H,20,21)(H,22,23). The molecule has 23 heavy (non-hydrogen) atoms. The van der Waals surface area contributed by atoms with Crippen LogP contribution in [-0.4, -0.2) is 32.5 Å². The van der Waals surface area contributed by atoms with Gasteiger partial charge in [-0.3, -0.25) is 14.4 Å². The Morgan fingerprint density at radius 2 is 1.70 bits per heavy atom. The van der Waals surface area contributed by atoms with Crippen molar-refractivity contribution in [3.8, 4) is 0 Å². The minimum absolute atomic E-state index is 0.392. The summed E-state index contributed by atoms with van der Waals surface area (Å²) < 4.78 is 1.89. The average molecular weight is 319 g/mol. The van der Waals surface area contributed by atoms with Gasteiger partial charge in [-0.1, -0.05) is 19.3 Å². The van der Waals surface area contributed by atoms with Gasteiger partial charge in [-0.2, -0.15) is 0 Å². The predicted octanol–water partition coefficient (Wildman–Crippen LogP) is 2.38. The summed E-state index contributed by atoms with van der Waals surface area (Å²) in [6.45, 7) is 0. The summed E-state index contributed by atoms with van der Waals surface area (Å²) in [4.78, 5) is 35.6. The van der Waals surface area contributed by atoms with Gasteiger partial charge in [-0.05, 0) is 43.7 Å². The van der Waals surface area contributed by atoms with Crippen LogP contribution >= 0.6 is 0 Å². The summed E-state index contributed by atoms with van der Waals surface area (Å²) in [6, 6.07) is 3.85. The highest BCUT2D eigenvalue weighted by Crippen LogP contribution is 2.44. The summed E-state index contributed by atoms with van der Waals surface area (Å²) in [7, 11) is 0. The van der Waals surface area contributed by atoms with Crippen molar-refractivity contribution in [3.05, 3.63) is 24.0 Å². The third kappa shape index (κ3) is 2.46. The third-order valence-electron chi connectivity index (χ3n) is 5.41. The highest BCUT2D eigenvalue weighted by molar-refractivity contribution is 6.16. The van der Waals surface area contributed by atoms with E-state index in [0.717, 1.165) is 37.8 Å². The summed E-state index contributed by atoms with van der Waals surface area (Å²) in [6.07, 6.45) is 7.74. The molecule has 1 heterocycles. The molecule has 0 saturated heterocycles. The van der Waals surface area contributed by atoms with Crippen molar-refractivity contribution in [2.45, 2.75) is 56.4 Å². The third-order valence-corrected chi connectivity index (χ3v) is 5.41. The molecule has 0 amide bonds. The van der Waals surface area contributed by atoms with Crippen molar-refractivity contribution in [2.75, 3.05) is 0 Å². The minimum Gasteiger partial charge on any atom is -0.480 e. The first-order valence-electron chi connectivity index (χ1n) is 8.15. The second-order valence-corrected chi connectivity index (χ2v) is 6.64. The molecule has 0 atom stereocenters. The van der Waals surface area contributed by atoms with E-state index < -0.39 is 29.2 Å². The Labute approximate surface area is 134 Å². The molecular formula is C17H21NO5. The summed E-state index contributed by atoms with van der Waals surface area (Å²) in [5.41, 5.74) is 0.0246. The monoisotopic (exact) mass is 319 g/mol. The Kier molecular flexibility index (Phi) is 4.00. The van der Waals surface area contributed by atoms with Crippen LogP contribution in [0, 0.1) is 5.92 Å². The molecule has 2 saturated carbocycles. The lowest BCUT2D eigenvalue weighted by molar-refractivity contribution is -0.160. The SMILES string of the molecule is O=C(O)C(C(=O)O)C(=O)C1(n2cccc2C2CCC2)CCCC1. The molecular weight excluding hydrogens is 298 g/mol. The Bertz CT molecular complexity index is 623. The van der Waals surface area contributed by atoms with Gasteiger partial charge in [-0.25, -0.2) is 0 Å². The lowest BCUT2D eigenvalue weighted by Gasteiger charge is -2.36. The van der Waals surface area contributed by atoms with E-state index in [-0.39, 0.29) is 0 Å². The average Bonchev–Trinajstić information content (AvgIpc) is 3.04. The Morgan fingerprint density at radius 3 is 2.17 bits per heavy atom. The number of nitrogens with zero attached hydrogens (tertiary/aromatic N) is 1. The fraction of sp³-hybridized carbons (Fsp3) is 0.588. The molecule has 3 rings (SSSR count). The zero-order chi connectivity index (χ0) is 16.6. The van der Waals surface area contributed by atoms with Gasteiger partial charge in [0.2, 0.25) is 5.92 Å². The van der Waals surface area contributed by atoms with Crippen LogP contribution in [0.25, 0.3) is 0 Å². The quantitative estimate of drug-likeness (QED) is 0.785. The van der Waals surface area contributed by atoms with Crippen molar-refractivity contribution in [1.82, 2.24) is 4.57 Å². The number of ketones is 1. The first-order valence-corrected chi connectivity index (χ1v) is 8.15. The van der Waals surface area contributed by atoms with Crippen LogP contribution in [0.5, 0.6) is 0 Å². The minimum atomic E-state index is -2.00. The molecule has 124 valence electrons. The van der Waals surface area contributed by atoms with Crippen LogP contribution < -0.4 is 0 Å². The fourth-order valence-electron chi connectivity index (χ4n) is 3.99. The topological polar surface area (TPSA) is 96.6 Å². The molecule has 2 aliphatic carbocycles. The van der Waals surface area contributed by atoms with Crippen molar-refractivity contribution in [1.29, 1.82) is 0 Å². The van der Waals surface area contributed by atoms with E-state index >= 15 is 0 Å². The number of hydrogen-bond donors (Lipinski definition) is 2. The van der Waals surface area contributed by atoms with Gasteiger partial charge in [-0.15, -0.1) is 0 Å². The molecule has 0 bridgehead atoms. The molecule has 6 heteroatoms. The van der Waals surface area contributed by atoms with E-state index in [9.17, 15) is 24.6 Å². The van der Waals surface area contributed by atoms with Crippen molar-refractivity contribution in [2.24, 2.45) is 5.92 Å². The summed E-state index contributed by atoms with van der Waals surface area (Å²) >= 11 is 0. The highest BCUT2D eigenvalue weighted by atomic mass is 16.4. The van der Waals surface area contributed by atoms with Crippen LogP contribution in [0.15, 0.2) is 18.3 Å². The van der Waals surface area contributed by atoms with Gasteiger partial charge in [0.1, 0.15) is 5.54 Å². The zero-order valence-corrected chi connectivity index (χ0v) is 12.9. The van der Waals surface area contributed by atoms with Crippen LogP contribution in [0.1, 0.15) is 56.6 Å². The number of carboxylic acid groups (broad SMARTS) is 2. The zero-order valence-electron chi connectivity index (χ0n) is 12.9. The molecule has 0 spiro atoms. The van der Waals surface area contributed by atoms with E-state index in [4.69, 9.17) is 0 Å². The number of rotatable bonds is 6. The number of carbonyl (C=O) groups is 3. The summed E-state index contributed by atoms with van der Waals surface area (Å²) in [5.74, 6) is -5.45. The van der Waals surface area contributed by atoms with E-state index in [2.05, 4.69) is 0 Å². The van der Waals surface area contributed by atoms with Gasteiger partial charge in [0.25, 0.3) is 0 Å². The van der Waals surface area contributed by atoms with Crippen LogP contribution in [-0.2, 0) is 19.9 Å². The number of aliphatic carboxylic acids is 2. The maximum atomic E-state index is 12.9. The lowest BCUT2D eigenvalue weighted by atomic mass is 9.80. The number of aromatic nitrogens is 1. The number of carboxylic acids is 2. The molecule has 2 aliphatic rings. The maximum absolute atomic E-state index is 12.9. The Balaban J connectivity index is 2.03. The second kappa shape index (κ2) is 5.83. The number of Topliss-reactive ketones (excluding diaryl/α,β-unsaturated/α-hetero) is 1. The van der Waals surface area contributed by atoms with E-state index in [0.29, 0.717) is 18.8 Å². The smallest absolute Gasteiger partial charge is 0.325 e. The van der Waals surface area contributed by atoms with Gasteiger partial charge < -0.3 is 14.8 Å². The lowest BCUT2D eigenvalue weighted by Crippen LogP contribution is -2.48. The number of carbonyl (C=O) groups excluding carboxylic acids is 1. The number of hydrogen-bond acceptors (Lipinski definition) is 3. The largest absolute Gasteiger partial charge is 0.480 e. The van der Waals surface area contributed by atoms with Crippen LogP contribution in [0.3, 0.4) is 0 Å². The Hall–Kier alpha value is -2.11. The second-order valence-electron chi connectivity index (χ2n) is 6.64. The molecule has 2 N–H and O–H groups in total. The van der Waals surface area contributed by atoms with Crippen molar-refractivity contribution < 1.29 is 24.6 Å². The molecule has 1 aromatic heterocycles. The van der Waals surface area contributed by atoms with Crippen molar-refractivity contribution >= 4 is 17.7 Å². The van der Waals surface area contributed by atoms with E-state index in [1.165, 1.54) is 0 Å². The molecule has 0 radical (unpaired) electrons. The Morgan fingerprint density at radius 1 is 1.09 bits per heavy atom. The van der Waals surface area contributed by atoms with Gasteiger partial charge in [0.15, 0.2) is 5.78 Å². The maximum Gasteiger partial charge on any atom is 0.325 e. The molecule has 0 unspecified atom stereocenters. The summed E-state index contributed by atoms with van der Waals surface area (Å²) in [5, 5.41) is 18.4. The fourth-order valence-corrected chi connectivity index (χ4v) is 3.99. The van der Waals surface area contributed by atoms with Gasteiger partial charge in [0, 0.05) is 11.9 Å². The van der Waals surface area contributed by atoms with Gasteiger partial charge >= 0.3 is 11.9 Å². The highest BCUT2D eigenvalue weighted by Gasteiger charge is 2.51. The molecule has 0 aromatic carbocycles. The molecule has 6 nitrogen and oxygen atoms in total. The van der Waals surface area contributed by atoms with E-state index in [1.54, 1.807) is 0 Å². The normalized spacial score (nSPS) is 20.4. The molecule has 0 aliphatic heterocycles. The van der Waals surface area contributed by atoms with E-state index in [1.807, 2.05) is 22.9 Å². The first-order chi connectivity index (χ1) is 11.0. The van der Waals surface area contributed by atoms with Crippen molar-refractivity contribution in [3.63, 3.8) is 0 Å². The molecule has 2 fully saturated rings. The first kappa shape index (κ1) is 15.8. The molecule has 1 aromatic rings. The van der Waals surface area contributed by atoms with Gasteiger partial charge in [0.05, 0.1) is 0 Å². The van der Waals surface area contributed by atoms with Crippen LogP contribution in [0.4, 0.5) is 0 Å². The van der Waals surface area contributed by atoms with Crippen LogP contribution in [0.2, 0.25) is 0 Å².